The third kappa shape index (κ3) is 9.48. The molecule has 3 aliphatic rings. The van der Waals surface area contributed by atoms with Crippen LogP contribution in [-0.4, -0.2) is 100 Å². The van der Waals surface area contributed by atoms with Crippen molar-refractivity contribution in [3.63, 3.8) is 0 Å². The van der Waals surface area contributed by atoms with Crippen LogP contribution in [0.3, 0.4) is 0 Å². The van der Waals surface area contributed by atoms with Crippen molar-refractivity contribution in [1.82, 2.24) is 20.1 Å². The Hall–Kier alpha value is -5.38. The van der Waals surface area contributed by atoms with Crippen LogP contribution in [0.5, 0.6) is 5.75 Å². The van der Waals surface area contributed by atoms with Gasteiger partial charge in [-0.3, -0.25) is 39.2 Å². The molecule has 3 saturated heterocycles. The van der Waals surface area contributed by atoms with Gasteiger partial charge in [0, 0.05) is 55.2 Å². The van der Waals surface area contributed by atoms with Crippen LogP contribution in [0.2, 0.25) is 0 Å². The fourth-order valence-electron chi connectivity index (χ4n) is 7.95. The van der Waals surface area contributed by atoms with E-state index in [0.29, 0.717) is 48.9 Å². The third-order valence-electron chi connectivity index (χ3n) is 11.2. The summed E-state index contributed by atoms with van der Waals surface area (Å²) in [6.45, 7) is 14.2. The minimum atomic E-state index is -4.85. The number of aromatic nitrogens is 1. The number of piperazine rings is 1. The number of carbonyl (C=O) groups is 4. The van der Waals surface area contributed by atoms with Gasteiger partial charge in [-0.15, -0.1) is 12.6 Å². The van der Waals surface area contributed by atoms with Crippen LogP contribution in [0, 0.1) is 11.3 Å². The Morgan fingerprint density at radius 2 is 1.75 bits per heavy atom. The van der Waals surface area contributed by atoms with E-state index < -0.39 is 40.4 Å². The molecule has 4 atom stereocenters. The number of amides is 4. The van der Waals surface area contributed by atoms with Gasteiger partial charge >= 0.3 is 6.18 Å². The van der Waals surface area contributed by atoms with Gasteiger partial charge in [0.1, 0.15) is 30.0 Å². The van der Waals surface area contributed by atoms with E-state index in [1.807, 2.05) is 26.0 Å². The van der Waals surface area contributed by atoms with Gasteiger partial charge in [-0.25, -0.2) is 4.98 Å². The second-order valence-electron chi connectivity index (χ2n) is 16.3. The standard InChI is InChI=1S/C42H50F3N9O5S/c1-24(2)31-17-29(54-40(60)53(39(58)41(54,5)6)30-18-32(42(43,44)45)34(19-46)47-20-30)10-12-35(31)59-15-14-51-21-26(4)52(22-25(51)3)23-37(56)49-28-9-7-8-27(16-28)48-33-11-13-36(55)50-38(33)57/h7-10,12,16-18,20,24-26,33,40,48,60H,11,13-15,21-23H2,1-6H3,(H,49,56)(H,50,55,57)/t25-,26-,33?,40+/m1/s1. The Morgan fingerprint density at radius 3 is 2.43 bits per heavy atom. The number of thiol groups is 1. The summed E-state index contributed by atoms with van der Waals surface area (Å²) in [7, 11) is 0. The molecular formula is C42H50F3N9O5S. The minimum Gasteiger partial charge on any atom is -0.492 e. The van der Waals surface area contributed by atoms with E-state index in [1.54, 1.807) is 49.1 Å². The predicted molar refractivity (Wildman–Crippen MR) is 224 cm³/mol. The smallest absolute Gasteiger partial charge is 0.419 e. The van der Waals surface area contributed by atoms with E-state index in [2.05, 4.69) is 44.6 Å². The lowest BCUT2D eigenvalue weighted by molar-refractivity contribution is -0.138. The summed E-state index contributed by atoms with van der Waals surface area (Å²) in [6.07, 6.45) is -3.11. The number of anilines is 4. The van der Waals surface area contributed by atoms with Crippen LogP contribution in [0.15, 0.2) is 54.7 Å². The SMILES string of the molecule is CC(C)c1cc(N2[C@@H](S)N(c3cnc(C#N)c(C(F)(F)F)c3)C(=O)C2(C)C)ccc1OCCN1C[C@@H](C)N(CC(=O)Nc2cccc(NC3CCC(=O)NC3=O)c2)C[C@H]1C. The lowest BCUT2D eigenvalue weighted by Crippen LogP contribution is -2.58. The maximum Gasteiger partial charge on any atom is 0.419 e. The molecule has 14 nitrogen and oxygen atoms in total. The normalized spacial score (nSPS) is 22.5. The Labute approximate surface area is 352 Å². The molecule has 3 fully saturated rings. The number of rotatable bonds is 12. The summed E-state index contributed by atoms with van der Waals surface area (Å²) >= 11 is 4.72. The zero-order valence-electron chi connectivity index (χ0n) is 34.3. The maximum absolute atomic E-state index is 13.8. The highest BCUT2D eigenvalue weighted by Gasteiger charge is 2.52. The van der Waals surface area contributed by atoms with E-state index in [1.165, 1.54) is 6.07 Å². The summed E-state index contributed by atoms with van der Waals surface area (Å²) in [4.78, 5) is 61.7. The molecule has 60 heavy (non-hydrogen) atoms. The Bertz CT molecular complexity index is 2180. The summed E-state index contributed by atoms with van der Waals surface area (Å²) in [5.74, 6) is -0.607. The maximum atomic E-state index is 13.8. The highest BCUT2D eigenvalue weighted by molar-refractivity contribution is 7.81. The predicted octanol–water partition coefficient (Wildman–Crippen LogP) is 5.57. The van der Waals surface area contributed by atoms with Crippen LogP contribution >= 0.6 is 12.6 Å². The van der Waals surface area contributed by atoms with Gasteiger partial charge in [0.05, 0.1) is 24.0 Å². The van der Waals surface area contributed by atoms with Gasteiger partial charge in [-0.05, 0) is 88.1 Å². The molecule has 4 amide bonds. The number of alkyl halides is 3. The third-order valence-corrected chi connectivity index (χ3v) is 11.7. The van der Waals surface area contributed by atoms with Crippen molar-refractivity contribution >= 4 is 59.0 Å². The van der Waals surface area contributed by atoms with Gasteiger partial charge in [-0.1, -0.05) is 19.9 Å². The molecule has 1 unspecified atom stereocenters. The zero-order valence-corrected chi connectivity index (χ0v) is 35.2. The minimum absolute atomic E-state index is 0.0191. The largest absolute Gasteiger partial charge is 0.492 e. The second kappa shape index (κ2) is 17.7. The summed E-state index contributed by atoms with van der Waals surface area (Å²) < 4.78 is 47.8. The number of nitrogens with one attached hydrogen (secondary N) is 3. The number of imide groups is 1. The molecule has 0 spiro atoms. The first-order valence-corrected chi connectivity index (χ1v) is 20.3. The van der Waals surface area contributed by atoms with Gasteiger partial charge in [0.15, 0.2) is 11.2 Å². The second-order valence-corrected chi connectivity index (χ2v) is 16.7. The van der Waals surface area contributed by atoms with Crippen molar-refractivity contribution in [2.75, 3.05) is 53.2 Å². The molecule has 3 aromatic rings. The number of halogens is 3. The van der Waals surface area contributed by atoms with Gasteiger partial charge in [0.25, 0.3) is 5.91 Å². The zero-order chi connectivity index (χ0) is 43.7. The fourth-order valence-corrected chi connectivity index (χ4v) is 8.61. The molecule has 3 N–H and O–H groups in total. The molecule has 0 bridgehead atoms. The Kier molecular flexibility index (Phi) is 13.0. The fraction of sp³-hybridized carbons (Fsp3) is 0.476. The number of hydrogen-bond donors (Lipinski definition) is 4. The number of hydrogen-bond acceptors (Lipinski definition) is 12. The van der Waals surface area contributed by atoms with E-state index in [9.17, 15) is 37.6 Å². The van der Waals surface area contributed by atoms with E-state index in [4.69, 9.17) is 17.4 Å². The molecule has 1 aromatic heterocycles. The van der Waals surface area contributed by atoms with Crippen LogP contribution in [0.4, 0.5) is 35.9 Å². The molecule has 320 valence electrons. The quantitative estimate of drug-likeness (QED) is 0.133. The number of nitriles is 1. The van der Waals surface area contributed by atoms with Crippen LogP contribution in [0.25, 0.3) is 0 Å². The number of pyridine rings is 1. The van der Waals surface area contributed by atoms with Gasteiger partial charge in [-0.2, -0.15) is 18.4 Å². The first-order chi connectivity index (χ1) is 28.3. The van der Waals surface area contributed by atoms with E-state index >= 15 is 0 Å². The molecule has 4 heterocycles. The molecule has 18 heteroatoms. The lowest BCUT2D eigenvalue weighted by atomic mass is 9.98. The lowest BCUT2D eigenvalue weighted by Gasteiger charge is -2.43. The van der Waals surface area contributed by atoms with Crippen molar-refractivity contribution in [1.29, 1.82) is 5.26 Å². The van der Waals surface area contributed by atoms with Crippen molar-refractivity contribution < 1.29 is 37.1 Å². The topological polar surface area (TPSA) is 163 Å². The molecule has 0 radical (unpaired) electrons. The summed E-state index contributed by atoms with van der Waals surface area (Å²) in [5.41, 5.74) is -1.56. The molecule has 0 aliphatic carbocycles. The van der Waals surface area contributed by atoms with Crippen molar-refractivity contribution in [2.45, 2.75) is 95.6 Å². The Morgan fingerprint density at radius 1 is 1.05 bits per heavy atom. The number of nitrogens with zero attached hydrogens (tertiary/aromatic N) is 6. The summed E-state index contributed by atoms with van der Waals surface area (Å²) in [6, 6.07) is 14.6. The number of benzene rings is 2. The monoisotopic (exact) mass is 849 g/mol. The molecule has 0 saturated carbocycles. The molecule has 2 aromatic carbocycles. The van der Waals surface area contributed by atoms with Crippen LogP contribution in [-0.2, 0) is 25.4 Å². The Balaban J connectivity index is 1.05. The molecule has 6 rings (SSSR count). The highest BCUT2D eigenvalue weighted by atomic mass is 32.1. The van der Waals surface area contributed by atoms with Gasteiger partial charge < -0.3 is 20.3 Å². The highest BCUT2D eigenvalue weighted by Crippen LogP contribution is 2.43. The van der Waals surface area contributed by atoms with Crippen molar-refractivity contribution in [2.24, 2.45) is 0 Å². The number of piperidine rings is 1. The summed E-state index contributed by atoms with van der Waals surface area (Å²) in [5, 5.41) is 17.7. The van der Waals surface area contributed by atoms with Gasteiger partial charge in [0.2, 0.25) is 17.7 Å². The molecular weight excluding hydrogens is 800 g/mol. The van der Waals surface area contributed by atoms with Crippen LogP contribution in [0.1, 0.15) is 77.1 Å². The van der Waals surface area contributed by atoms with Crippen LogP contribution < -0.4 is 30.5 Å². The van der Waals surface area contributed by atoms with E-state index in [-0.39, 0.29) is 54.4 Å². The number of ether oxygens (including phenoxy) is 1. The average molecular weight is 850 g/mol. The van der Waals surface area contributed by atoms with Crippen molar-refractivity contribution in [3.05, 3.63) is 71.5 Å². The molecule has 3 aliphatic heterocycles. The van der Waals surface area contributed by atoms with E-state index in [0.717, 1.165) is 29.3 Å². The van der Waals surface area contributed by atoms with Crippen molar-refractivity contribution in [3.8, 4) is 11.8 Å². The first kappa shape index (κ1) is 44.2. The average Bonchev–Trinajstić information content (AvgIpc) is 3.35. The number of carbonyl (C=O) groups excluding carboxylic acids is 4. The first-order valence-electron chi connectivity index (χ1n) is 19.8.